The molecule has 0 saturated heterocycles. The Morgan fingerprint density at radius 1 is 1.50 bits per heavy atom. The third-order valence-corrected chi connectivity index (χ3v) is 2.70. The van der Waals surface area contributed by atoms with Crippen LogP contribution < -0.4 is 0 Å². The summed E-state index contributed by atoms with van der Waals surface area (Å²) < 4.78 is 0. The maximum absolute atomic E-state index is 11.5. The molecule has 12 heavy (non-hydrogen) atoms. The van der Waals surface area contributed by atoms with E-state index in [-0.39, 0.29) is 17.6 Å². The van der Waals surface area contributed by atoms with E-state index >= 15 is 0 Å². The number of Topliss-reactive ketones (excluding diaryl/α,β-unsaturated/α-hetero) is 1. The van der Waals surface area contributed by atoms with Crippen molar-refractivity contribution in [2.75, 3.05) is 0 Å². The Balaban J connectivity index is 2.67. The standard InChI is InChI=1S/C10H18O2/c1-6(2)10-8(11)4-7(3)5-9(10)12/h6-8,10-11H,4-5H2,1-3H3. The second-order valence-electron chi connectivity index (χ2n) is 4.35. The molecule has 0 heterocycles. The minimum Gasteiger partial charge on any atom is -0.392 e. The number of hydrogen-bond acceptors (Lipinski definition) is 2. The number of hydrogen-bond donors (Lipinski definition) is 1. The molecule has 70 valence electrons. The summed E-state index contributed by atoms with van der Waals surface area (Å²) >= 11 is 0. The molecule has 0 amide bonds. The number of ketones is 1. The first-order valence-electron chi connectivity index (χ1n) is 4.73. The van der Waals surface area contributed by atoms with Crippen molar-refractivity contribution in [1.29, 1.82) is 0 Å². The van der Waals surface area contributed by atoms with Gasteiger partial charge in [0.25, 0.3) is 0 Å². The van der Waals surface area contributed by atoms with E-state index < -0.39 is 6.10 Å². The topological polar surface area (TPSA) is 37.3 Å². The van der Waals surface area contributed by atoms with Crippen molar-refractivity contribution in [3.05, 3.63) is 0 Å². The molecule has 1 aliphatic rings. The van der Waals surface area contributed by atoms with Crippen LogP contribution in [0, 0.1) is 17.8 Å². The molecule has 1 saturated carbocycles. The second-order valence-corrected chi connectivity index (χ2v) is 4.35. The average Bonchev–Trinajstić information content (AvgIpc) is 1.82. The van der Waals surface area contributed by atoms with Crippen molar-refractivity contribution < 1.29 is 9.90 Å². The van der Waals surface area contributed by atoms with Crippen molar-refractivity contribution >= 4 is 5.78 Å². The van der Waals surface area contributed by atoms with Gasteiger partial charge in [-0.25, -0.2) is 0 Å². The predicted octanol–water partition coefficient (Wildman–Crippen LogP) is 1.62. The van der Waals surface area contributed by atoms with Crippen LogP contribution >= 0.6 is 0 Å². The van der Waals surface area contributed by atoms with Crippen molar-refractivity contribution in [3.63, 3.8) is 0 Å². The molecule has 3 atom stereocenters. The van der Waals surface area contributed by atoms with Gasteiger partial charge in [0, 0.05) is 12.3 Å². The zero-order chi connectivity index (χ0) is 9.30. The van der Waals surface area contributed by atoms with E-state index in [1.807, 2.05) is 20.8 Å². The zero-order valence-corrected chi connectivity index (χ0v) is 8.08. The Hall–Kier alpha value is -0.370. The van der Waals surface area contributed by atoms with Gasteiger partial charge in [0.2, 0.25) is 0 Å². The lowest BCUT2D eigenvalue weighted by atomic mass is 9.74. The van der Waals surface area contributed by atoms with Crippen LogP contribution in [0.4, 0.5) is 0 Å². The van der Waals surface area contributed by atoms with E-state index in [0.717, 1.165) is 6.42 Å². The minimum absolute atomic E-state index is 0.110. The van der Waals surface area contributed by atoms with Gasteiger partial charge in [-0.2, -0.15) is 0 Å². The Kier molecular flexibility index (Phi) is 2.89. The molecule has 2 nitrogen and oxygen atoms in total. The molecule has 1 fully saturated rings. The maximum Gasteiger partial charge on any atom is 0.139 e. The first-order valence-corrected chi connectivity index (χ1v) is 4.73. The summed E-state index contributed by atoms with van der Waals surface area (Å²) in [6.07, 6.45) is 1.04. The first kappa shape index (κ1) is 9.72. The molecule has 2 heteroatoms. The van der Waals surface area contributed by atoms with Crippen LogP contribution in [0.1, 0.15) is 33.6 Å². The van der Waals surface area contributed by atoms with E-state index in [1.165, 1.54) is 0 Å². The average molecular weight is 170 g/mol. The number of rotatable bonds is 1. The molecule has 0 aliphatic heterocycles. The van der Waals surface area contributed by atoms with Crippen molar-refractivity contribution in [1.82, 2.24) is 0 Å². The van der Waals surface area contributed by atoms with Crippen LogP contribution in [0.3, 0.4) is 0 Å². The molecule has 0 spiro atoms. The van der Waals surface area contributed by atoms with Gasteiger partial charge in [-0.1, -0.05) is 20.8 Å². The monoisotopic (exact) mass is 170 g/mol. The summed E-state index contributed by atoms with van der Waals surface area (Å²) in [6.45, 7) is 6.03. The SMILES string of the molecule is CC1CC(=O)C(C(C)C)C(O)C1. The Morgan fingerprint density at radius 2 is 2.08 bits per heavy atom. The molecule has 0 bridgehead atoms. The highest BCUT2D eigenvalue weighted by Crippen LogP contribution is 2.30. The number of carbonyl (C=O) groups excluding carboxylic acids is 1. The normalized spacial score (nSPS) is 37.4. The highest BCUT2D eigenvalue weighted by atomic mass is 16.3. The smallest absolute Gasteiger partial charge is 0.139 e. The van der Waals surface area contributed by atoms with Gasteiger partial charge >= 0.3 is 0 Å². The summed E-state index contributed by atoms with van der Waals surface area (Å²) in [5.41, 5.74) is 0. The van der Waals surface area contributed by atoms with Crippen LogP contribution in [0.5, 0.6) is 0 Å². The quantitative estimate of drug-likeness (QED) is 0.649. The van der Waals surface area contributed by atoms with Gasteiger partial charge < -0.3 is 5.11 Å². The maximum atomic E-state index is 11.5. The second kappa shape index (κ2) is 3.56. The zero-order valence-electron chi connectivity index (χ0n) is 8.08. The van der Waals surface area contributed by atoms with Gasteiger partial charge in [0.15, 0.2) is 0 Å². The van der Waals surface area contributed by atoms with E-state index in [9.17, 15) is 9.90 Å². The molecule has 1 N–H and O–H groups in total. The van der Waals surface area contributed by atoms with Crippen molar-refractivity contribution in [2.24, 2.45) is 17.8 Å². The van der Waals surface area contributed by atoms with E-state index in [4.69, 9.17) is 0 Å². The van der Waals surface area contributed by atoms with Gasteiger partial charge in [-0.15, -0.1) is 0 Å². The van der Waals surface area contributed by atoms with Crippen molar-refractivity contribution in [3.8, 4) is 0 Å². The van der Waals surface area contributed by atoms with E-state index in [0.29, 0.717) is 12.3 Å². The van der Waals surface area contributed by atoms with Crippen LogP contribution in [0.25, 0.3) is 0 Å². The number of aliphatic hydroxyl groups excluding tert-OH is 1. The largest absolute Gasteiger partial charge is 0.392 e. The Bertz CT molecular complexity index is 175. The third-order valence-electron chi connectivity index (χ3n) is 2.70. The summed E-state index contributed by atoms with van der Waals surface area (Å²) in [7, 11) is 0. The fraction of sp³-hybridized carbons (Fsp3) is 0.900. The molecule has 3 unspecified atom stereocenters. The van der Waals surface area contributed by atoms with Crippen LogP contribution in [-0.4, -0.2) is 17.0 Å². The Morgan fingerprint density at radius 3 is 2.50 bits per heavy atom. The van der Waals surface area contributed by atoms with Gasteiger partial charge in [-0.3, -0.25) is 4.79 Å². The number of carbonyl (C=O) groups is 1. The van der Waals surface area contributed by atoms with E-state index in [1.54, 1.807) is 0 Å². The fourth-order valence-electron chi connectivity index (χ4n) is 2.15. The summed E-state index contributed by atoms with van der Waals surface area (Å²) in [4.78, 5) is 11.5. The first-order chi connectivity index (χ1) is 5.52. The van der Waals surface area contributed by atoms with Gasteiger partial charge in [0.05, 0.1) is 6.10 Å². The molecule has 0 radical (unpaired) electrons. The molecule has 1 rings (SSSR count). The van der Waals surface area contributed by atoms with Crippen LogP contribution in [0.2, 0.25) is 0 Å². The summed E-state index contributed by atoms with van der Waals surface area (Å²) in [5.74, 6) is 0.778. The summed E-state index contributed by atoms with van der Waals surface area (Å²) in [6, 6.07) is 0. The third kappa shape index (κ3) is 1.86. The molecule has 0 aromatic carbocycles. The Labute approximate surface area is 74.0 Å². The lowest BCUT2D eigenvalue weighted by molar-refractivity contribution is -0.133. The fourth-order valence-corrected chi connectivity index (χ4v) is 2.15. The molecule has 0 aromatic heterocycles. The van der Waals surface area contributed by atoms with Crippen LogP contribution in [0.15, 0.2) is 0 Å². The molecule has 1 aliphatic carbocycles. The highest BCUT2D eigenvalue weighted by molar-refractivity contribution is 5.82. The lowest BCUT2D eigenvalue weighted by Gasteiger charge is -2.32. The van der Waals surface area contributed by atoms with E-state index in [2.05, 4.69) is 0 Å². The van der Waals surface area contributed by atoms with Gasteiger partial charge in [0.1, 0.15) is 5.78 Å². The molecular weight excluding hydrogens is 152 g/mol. The van der Waals surface area contributed by atoms with Crippen LogP contribution in [-0.2, 0) is 4.79 Å². The minimum atomic E-state index is -0.402. The number of aliphatic hydroxyl groups is 1. The summed E-state index contributed by atoms with van der Waals surface area (Å²) in [5, 5.41) is 9.66. The molecular formula is C10H18O2. The van der Waals surface area contributed by atoms with Crippen molar-refractivity contribution in [2.45, 2.75) is 39.7 Å². The molecule has 0 aromatic rings. The predicted molar refractivity (Wildman–Crippen MR) is 47.7 cm³/mol. The van der Waals surface area contributed by atoms with Gasteiger partial charge in [-0.05, 0) is 18.3 Å². The highest BCUT2D eigenvalue weighted by Gasteiger charge is 2.35. The lowest BCUT2D eigenvalue weighted by Crippen LogP contribution is -2.39.